The Morgan fingerprint density at radius 3 is 2.44 bits per heavy atom. The average Bonchev–Trinajstić information content (AvgIpc) is 2.21. The lowest BCUT2D eigenvalue weighted by Gasteiger charge is -2.28. The molecule has 1 saturated heterocycles. The van der Waals surface area contributed by atoms with Crippen molar-refractivity contribution in [3.8, 4) is 0 Å². The van der Waals surface area contributed by atoms with E-state index in [2.05, 4.69) is 0 Å². The summed E-state index contributed by atoms with van der Waals surface area (Å²) < 4.78 is 27.3. The molecule has 0 aromatic carbocycles. The minimum Gasteiger partial charge on any atom is -0.466 e. The normalized spacial score (nSPS) is 22.6. The molecule has 16 heavy (non-hydrogen) atoms. The lowest BCUT2D eigenvalue weighted by Crippen LogP contribution is -2.43. The fourth-order valence-electron chi connectivity index (χ4n) is 1.68. The van der Waals surface area contributed by atoms with Gasteiger partial charge in [0, 0.05) is 19.6 Å². The average molecular weight is 249 g/mol. The molecule has 0 aliphatic carbocycles. The second-order valence-electron chi connectivity index (χ2n) is 4.11. The monoisotopic (exact) mass is 249 g/mol. The van der Waals surface area contributed by atoms with Crippen molar-refractivity contribution in [2.24, 2.45) is 5.92 Å². The van der Waals surface area contributed by atoms with Gasteiger partial charge in [-0.25, -0.2) is 8.42 Å². The Morgan fingerprint density at radius 2 is 1.94 bits per heavy atom. The molecule has 0 saturated carbocycles. The van der Waals surface area contributed by atoms with Gasteiger partial charge in [-0.3, -0.25) is 4.79 Å². The highest BCUT2D eigenvalue weighted by Gasteiger charge is 2.24. The van der Waals surface area contributed by atoms with Crippen molar-refractivity contribution in [3.05, 3.63) is 0 Å². The number of carbonyl (C=O) groups is 1. The van der Waals surface area contributed by atoms with Crippen LogP contribution in [-0.2, 0) is 19.4 Å². The third-order valence-corrected chi connectivity index (χ3v) is 4.27. The maximum atomic E-state index is 11.4. The standard InChI is InChI=1S/C10H19NO4S/c1-3-15-10(12)9(2)8-11-4-6-16(13,14)7-5-11/h9H,3-8H2,1-2H3. The predicted octanol–water partition coefficient (Wildman–Crippen LogP) is -0.0840. The molecule has 0 radical (unpaired) electrons. The number of hydrogen-bond donors (Lipinski definition) is 0. The molecule has 0 aromatic heterocycles. The molecule has 5 nitrogen and oxygen atoms in total. The second-order valence-corrected chi connectivity index (χ2v) is 6.41. The van der Waals surface area contributed by atoms with Crippen LogP contribution in [0.5, 0.6) is 0 Å². The van der Waals surface area contributed by atoms with Crippen LogP contribution in [0.15, 0.2) is 0 Å². The summed E-state index contributed by atoms with van der Waals surface area (Å²) >= 11 is 0. The Kier molecular flexibility index (Phi) is 4.73. The first-order valence-corrected chi connectivity index (χ1v) is 7.36. The third kappa shape index (κ3) is 4.09. The Labute approximate surface area is 96.7 Å². The van der Waals surface area contributed by atoms with Crippen molar-refractivity contribution < 1.29 is 17.9 Å². The van der Waals surface area contributed by atoms with E-state index >= 15 is 0 Å². The van der Waals surface area contributed by atoms with Gasteiger partial charge in [-0.1, -0.05) is 6.92 Å². The van der Waals surface area contributed by atoms with E-state index in [-0.39, 0.29) is 23.4 Å². The topological polar surface area (TPSA) is 63.7 Å². The summed E-state index contributed by atoms with van der Waals surface area (Å²) in [5.74, 6) is -0.0119. The van der Waals surface area contributed by atoms with Gasteiger partial charge in [0.1, 0.15) is 0 Å². The minimum atomic E-state index is -2.84. The van der Waals surface area contributed by atoms with Gasteiger partial charge < -0.3 is 9.64 Å². The summed E-state index contributed by atoms with van der Waals surface area (Å²) in [6, 6.07) is 0. The Bertz CT molecular complexity index is 325. The molecule has 0 amide bonds. The number of esters is 1. The highest BCUT2D eigenvalue weighted by Crippen LogP contribution is 2.08. The molecule has 1 atom stereocenters. The van der Waals surface area contributed by atoms with Crippen LogP contribution in [0.2, 0.25) is 0 Å². The van der Waals surface area contributed by atoms with Crippen LogP contribution in [0, 0.1) is 5.92 Å². The molecular weight excluding hydrogens is 230 g/mol. The highest BCUT2D eigenvalue weighted by atomic mass is 32.2. The van der Waals surface area contributed by atoms with E-state index in [1.54, 1.807) is 13.8 Å². The van der Waals surface area contributed by atoms with Crippen LogP contribution in [0.25, 0.3) is 0 Å². The zero-order chi connectivity index (χ0) is 12.2. The lowest BCUT2D eigenvalue weighted by atomic mass is 10.1. The molecule has 0 spiro atoms. The number of nitrogens with zero attached hydrogens (tertiary/aromatic N) is 1. The minimum absolute atomic E-state index is 0.194. The molecule has 1 aliphatic rings. The fraction of sp³-hybridized carbons (Fsp3) is 0.900. The number of hydrogen-bond acceptors (Lipinski definition) is 5. The molecule has 94 valence electrons. The SMILES string of the molecule is CCOC(=O)C(C)CN1CCS(=O)(=O)CC1. The fourth-order valence-corrected chi connectivity index (χ4v) is 2.96. The van der Waals surface area contributed by atoms with E-state index in [1.807, 2.05) is 4.90 Å². The van der Waals surface area contributed by atoms with Gasteiger partial charge >= 0.3 is 5.97 Å². The van der Waals surface area contributed by atoms with Gasteiger partial charge in [0.05, 0.1) is 24.0 Å². The number of ether oxygens (including phenoxy) is 1. The molecule has 0 aromatic rings. The van der Waals surface area contributed by atoms with Crippen LogP contribution in [0.4, 0.5) is 0 Å². The second kappa shape index (κ2) is 5.63. The van der Waals surface area contributed by atoms with Gasteiger partial charge in [-0.15, -0.1) is 0 Å². The van der Waals surface area contributed by atoms with Gasteiger partial charge in [-0.2, -0.15) is 0 Å². The Balaban J connectivity index is 2.36. The lowest BCUT2D eigenvalue weighted by molar-refractivity contribution is -0.148. The first-order chi connectivity index (χ1) is 7.44. The molecule has 1 heterocycles. The molecule has 1 fully saturated rings. The zero-order valence-electron chi connectivity index (χ0n) is 9.81. The van der Waals surface area contributed by atoms with Crippen LogP contribution in [0.1, 0.15) is 13.8 Å². The van der Waals surface area contributed by atoms with Crippen molar-refractivity contribution in [3.63, 3.8) is 0 Å². The smallest absolute Gasteiger partial charge is 0.309 e. The van der Waals surface area contributed by atoms with Crippen LogP contribution >= 0.6 is 0 Å². The molecular formula is C10H19NO4S. The largest absolute Gasteiger partial charge is 0.466 e. The molecule has 1 aliphatic heterocycles. The number of carbonyl (C=O) groups excluding carboxylic acids is 1. The van der Waals surface area contributed by atoms with E-state index < -0.39 is 9.84 Å². The van der Waals surface area contributed by atoms with Crippen LogP contribution < -0.4 is 0 Å². The summed E-state index contributed by atoms with van der Waals surface area (Å²) in [6.07, 6.45) is 0. The first-order valence-electron chi connectivity index (χ1n) is 5.54. The molecule has 1 rings (SSSR count). The van der Waals surface area contributed by atoms with Gasteiger partial charge in [-0.05, 0) is 6.92 Å². The van der Waals surface area contributed by atoms with E-state index in [9.17, 15) is 13.2 Å². The molecule has 1 unspecified atom stereocenters. The summed E-state index contributed by atoms with van der Waals surface area (Å²) in [5, 5.41) is 0. The summed E-state index contributed by atoms with van der Waals surface area (Å²) in [6.45, 7) is 5.59. The molecule has 0 bridgehead atoms. The van der Waals surface area contributed by atoms with Crippen molar-refractivity contribution in [1.82, 2.24) is 4.90 Å². The Hall–Kier alpha value is -0.620. The van der Waals surface area contributed by atoms with Crippen molar-refractivity contribution >= 4 is 15.8 Å². The molecule has 0 N–H and O–H groups in total. The third-order valence-electron chi connectivity index (χ3n) is 2.66. The van der Waals surface area contributed by atoms with Gasteiger partial charge in [0.25, 0.3) is 0 Å². The van der Waals surface area contributed by atoms with E-state index in [4.69, 9.17) is 4.74 Å². The first kappa shape index (κ1) is 13.4. The Morgan fingerprint density at radius 1 is 1.38 bits per heavy atom. The predicted molar refractivity (Wildman–Crippen MR) is 60.9 cm³/mol. The van der Waals surface area contributed by atoms with E-state index in [1.165, 1.54) is 0 Å². The maximum absolute atomic E-state index is 11.4. The maximum Gasteiger partial charge on any atom is 0.309 e. The van der Waals surface area contributed by atoms with E-state index in [0.29, 0.717) is 26.2 Å². The molecule has 6 heteroatoms. The van der Waals surface area contributed by atoms with Crippen molar-refractivity contribution in [2.45, 2.75) is 13.8 Å². The summed E-state index contributed by atoms with van der Waals surface area (Å²) in [5.41, 5.74) is 0. The zero-order valence-corrected chi connectivity index (χ0v) is 10.6. The van der Waals surface area contributed by atoms with Gasteiger partial charge in [0.15, 0.2) is 9.84 Å². The number of sulfone groups is 1. The number of rotatable bonds is 4. The van der Waals surface area contributed by atoms with Crippen molar-refractivity contribution in [1.29, 1.82) is 0 Å². The summed E-state index contributed by atoms with van der Waals surface area (Å²) in [7, 11) is -2.84. The quantitative estimate of drug-likeness (QED) is 0.652. The van der Waals surface area contributed by atoms with Crippen LogP contribution in [0.3, 0.4) is 0 Å². The van der Waals surface area contributed by atoms with E-state index in [0.717, 1.165) is 0 Å². The van der Waals surface area contributed by atoms with Crippen molar-refractivity contribution in [2.75, 3.05) is 37.7 Å². The highest BCUT2D eigenvalue weighted by molar-refractivity contribution is 7.91. The summed E-state index contributed by atoms with van der Waals surface area (Å²) in [4.78, 5) is 13.4. The van der Waals surface area contributed by atoms with Crippen LogP contribution in [-0.4, -0.2) is 57.0 Å². The van der Waals surface area contributed by atoms with Gasteiger partial charge in [0.2, 0.25) is 0 Å².